The second kappa shape index (κ2) is 7.55. The summed E-state index contributed by atoms with van der Waals surface area (Å²) < 4.78 is 3.16. The molecule has 0 bridgehead atoms. The van der Waals surface area contributed by atoms with Gasteiger partial charge in [0.15, 0.2) is 5.16 Å². The summed E-state index contributed by atoms with van der Waals surface area (Å²) in [5, 5.41) is 14.6. The molecule has 144 valence electrons. The van der Waals surface area contributed by atoms with Gasteiger partial charge in [0.2, 0.25) is 5.91 Å². The Hall–Kier alpha value is -3.01. The van der Waals surface area contributed by atoms with Crippen molar-refractivity contribution in [2.24, 2.45) is 5.92 Å². The van der Waals surface area contributed by atoms with Crippen LogP contribution >= 0.6 is 11.8 Å². The van der Waals surface area contributed by atoms with Crippen molar-refractivity contribution in [3.63, 3.8) is 0 Å². The van der Waals surface area contributed by atoms with Gasteiger partial charge < -0.3 is 5.32 Å². The molecule has 3 heterocycles. The molecule has 1 N–H and O–H groups in total. The van der Waals surface area contributed by atoms with Gasteiger partial charge >= 0.3 is 0 Å². The summed E-state index contributed by atoms with van der Waals surface area (Å²) in [6.45, 7) is 4.15. The first kappa shape index (κ1) is 18.4. The zero-order valence-corrected chi connectivity index (χ0v) is 16.3. The fourth-order valence-electron chi connectivity index (χ4n) is 3.18. The fraction of sp³-hybridized carbons (Fsp3) is 0.333. The number of fused-ring (bicyclic) bond motifs is 1. The number of carbonyl (C=O) groups excluding carboxylic acids is 1. The molecule has 10 heteroatoms. The third-order valence-electron chi connectivity index (χ3n) is 4.72. The van der Waals surface area contributed by atoms with E-state index < -0.39 is 0 Å². The van der Waals surface area contributed by atoms with Crippen LogP contribution < -0.4 is 10.9 Å². The minimum Gasteiger partial charge on any atom is -0.326 e. The van der Waals surface area contributed by atoms with Crippen LogP contribution in [0.3, 0.4) is 0 Å². The lowest BCUT2D eigenvalue weighted by atomic mass is 10.1. The Kier molecular flexibility index (Phi) is 4.95. The molecule has 1 aromatic carbocycles. The monoisotopic (exact) mass is 397 g/mol. The third-order valence-corrected chi connectivity index (χ3v) is 5.86. The number of nitrogens with zero attached hydrogens (tertiary/aromatic N) is 6. The average molecular weight is 397 g/mol. The van der Waals surface area contributed by atoms with Gasteiger partial charge in [0, 0.05) is 29.2 Å². The van der Waals surface area contributed by atoms with Crippen molar-refractivity contribution in [2.45, 2.75) is 32.0 Å². The fourth-order valence-corrected chi connectivity index (χ4v) is 4.30. The average Bonchev–Trinajstić information content (AvgIpc) is 3.23. The largest absolute Gasteiger partial charge is 0.326 e. The molecule has 0 unspecified atom stereocenters. The van der Waals surface area contributed by atoms with Crippen molar-refractivity contribution >= 4 is 23.4 Å². The van der Waals surface area contributed by atoms with Crippen LogP contribution in [0.15, 0.2) is 40.5 Å². The number of nitrogens with one attached hydrogen (secondary N) is 1. The normalized spacial score (nSPS) is 15.9. The third kappa shape index (κ3) is 3.42. The van der Waals surface area contributed by atoms with E-state index in [9.17, 15) is 9.59 Å². The molecule has 1 amide bonds. The number of rotatable bonds is 4. The van der Waals surface area contributed by atoms with Crippen LogP contribution in [0.25, 0.3) is 5.69 Å². The van der Waals surface area contributed by atoms with E-state index in [1.165, 1.54) is 22.8 Å². The van der Waals surface area contributed by atoms with Gasteiger partial charge in [0.05, 0.1) is 11.6 Å². The van der Waals surface area contributed by atoms with E-state index in [0.717, 1.165) is 11.4 Å². The number of benzene rings is 1. The molecule has 0 radical (unpaired) electrons. The number of thioether (sulfide) groups is 1. The number of amides is 1. The number of carbonyl (C=O) groups is 1. The van der Waals surface area contributed by atoms with Crippen molar-refractivity contribution < 1.29 is 4.79 Å². The minimum atomic E-state index is -0.302. The lowest BCUT2D eigenvalue weighted by Gasteiger charge is -2.25. The van der Waals surface area contributed by atoms with E-state index in [0.29, 0.717) is 35.1 Å². The van der Waals surface area contributed by atoms with E-state index in [2.05, 4.69) is 25.8 Å². The van der Waals surface area contributed by atoms with E-state index in [1.54, 1.807) is 16.7 Å². The van der Waals surface area contributed by atoms with Crippen molar-refractivity contribution in [1.82, 2.24) is 29.8 Å². The molecule has 0 fully saturated rings. The summed E-state index contributed by atoms with van der Waals surface area (Å²) in [5.74, 6) is 0.175. The highest BCUT2D eigenvalue weighted by atomic mass is 32.2. The molecule has 0 saturated carbocycles. The second-order valence-electron chi connectivity index (χ2n) is 6.53. The van der Waals surface area contributed by atoms with Crippen molar-refractivity contribution in [1.29, 1.82) is 0 Å². The number of hydrogen-bond donors (Lipinski definition) is 1. The number of anilines is 1. The smallest absolute Gasteiger partial charge is 0.257 e. The highest BCUT2D eigenvalue weighted by Gasteiger charge is 2.28. The molecule has 0 aliphatic carbocycles. The molecule has 1 aliphatic heterocycles. The van der Waals surface area contributed by atoms with Crippen LogP contribution in [0.4, 0.5) is 5.69 Å². The topological polar surface area (TPSA) is 108 Å². The van der Waals surface area contributed by atoms with Crippen LogP contribution in [0, 0.1) is 12.8 Å². The van der Waals surface area contributed by atoms with Crippen LogP contribution in [-0.4, -0.2) is 41.4 Å². The summed E-state index contributed by atoms with van der Waals surface area (Å²) in [5.41, 5.74) is 2.92. The lowest BCUT2D eigenvalue weighted by molar-refractivity contribution is -0.119. The molecule has 1 aliphatic rings. The first-order valence-electron chi connectivity index (χ1n) is 8.94. The van der Waals surface area contributed by atoms with Crippen LogP contribution in [0.5, 0.6) is 0 Å². The van der Waals surface area contributed by atoms with Crippen LogP contribution in [0.2, 0.25) is 0 Å². The van der Waals surface area contributed by atoms with E-state index in [1.807, 2.05) is 26.0 Å². The van der Waals surface area contributed by atoms with Gasteiger partial charge in [-0.15, -0.1) is 5.10 Å². The van der Waals surface area contributed by atoms with Gasteiger partial charge in [0.1, 0.15) is 6.33 Å². The number of hydrogen-bond acceptors (Lipinski definition) is 7. The predicted octanol–water partition coefficient (Wildman–Crippen LogP) is 1.45. The van der Waals surface area contributed by atoms with Gasteiger partial charge in [-0.05, 0) is 48.0 Å². The van der Waals surface area contributed by atoms with Gasteiger partial charge in [-0.1, -0.05) is 18.7 Å². The van der Waals surface area contributed by atoms with E-state index in [4.69, 9.17) is 0 Å². The highest BCUT2D eigenvalue weighted by molar-refractivity contribution is 7.99. The standard InChI is InChI=1S/C18H19N7O2S/c1-3-15-11(2)20-18-24(17(15)27)8-12(9-28-18)16(26)21-13-4-6-14(7-5-13)25-10-19-22-23-25/h4-7,10,12H,3,8-9H2,1-2H3,(H,21,26)/t12-/m0/s1. The predicted molar refractivity (Wildman–Crippen MR) is 105 cm³/mol. The van der Waals surface area contributed by atoms with Crippen LogP contribution in [-0.2, 0) is 17.8 Å². The minimum absolute atomic E-state index is 0.0409. The highest BCUT2D eigenvalue weighted by Crippen LogP contribution is 2.27. The molecule has 3 aromatic rings. The van der Waals surface area contributed by atoms with Gasteiger partial charge in [0.25, 0.3) is 5.56 Å². The molecule has 4 rings (SSSR count). The zero-order valence-electron chi connectivity index (χ0n) is 15.5. The zero-order chi connectivity index (χ0) is 19.7. The molecule has 9 nitrogen and oxygen atoms in total. The Morgan fingerprint density at radius 2 is 2.11 bits per heavy atom. The molecule has 0 saturated heterocycles. The summed E-state index contributed by atoms with van der Waals surface area (Å²) >= 11 is 1.45. The van der Waals surface area contributed by atoms with Gasteiger partial charge in [-0.3, -0.25) is 14.2 Å². The Labute approximate surface area is 165 Å². The Morgan fingerprint density at radius 3 is 2.79 bits per heavy atom. The lowest BCUT2D eigenvalue weighted by Crippen LogP contribution is -2.38. The van der Waals surface area contributed by atoms with E-state index >= 15 is 0 Å². The molecular formula is C18H19N7O2S. The maximum Gasteiger partial charge on any atom is 0.257 e. The quantitative estimate of drug-likeness (QED) is 0.664. The van der Waals surface area contributed by atoms with Crippen LogP contribution in [0.1, 0.15) is 18.2 Å². The SMILES string of the molecule is CCc1c(C)nc2n(c1=O)C[C@H](C(=O)Nc1ccc(-n3cnnn3)cc1)CS2. The Balaban J connectivity index is 1.49. The molecule has 0 spiro atoms. The Bertz CT molecular complexity index is 1060. The van der Waals surface area contributed by atoms with Crippen molar-refractivity contribution in [2.75, 3.05) is 11.1 Å². The first-order valence-corrected chi connectivity index (χ1v) is 9.92. The summed E-state index contributed by atoms with van der Waals surface area (Å²) in [4.78, 5) is 30.0. The summed E-state index contributed by atoms with van der Waals surface area (Å²) in [6.07, 6.45) is 2.13. The molecular weight excluding hydrogens is 378 g/mol. The maximum absolute atomic E-state index is 12.7. The first-order chi connectivity index (χ1) is 13.6. The number of aromatic nitrogens is 6. The maximum atomic E-state index is 12.7. The van der Waals surface area contributed by atoms with Gasteiger partial charge in [-0.2, -0.15) is 0 Å². The van der Waals surface area contributed by atoms with E-state index in [-0.39, 0.29) is 17.4 Å². The summed E-state index contributed by atoms with van der Waals surface area (Å²) in [6, 6.07) is 7.24. The summed E-state index contributed by atoms with van der Waals surface area (Å²) in [7, 11) is 0. The molecule has 2 aromatic heterocycles. The van der Waals surface area contributed by atoms with Gasteiger partial charge in [-0.25, -0.2) is 9.67 Å². The molecule has 28 heavy (non-hydrogen) atoms. The second-order valence-corrected chi connectivity index (χ2v) is 7.51. The van der Waals surface area contributed by atoms with Crippen molar-refractivity contribution in [3.8, 4) is 5.69 Å². The van der Waals surface area contributed by atoms with Crippen molar-refractivity contribution in [3.05, 3.63) is 52.2 Å². The number of aryl methyl sites for hydroxylation is 1. The molecule has 1 atom stereocenters. The Morgan fingerprint density at radius 1 is 1.32 bits per heavy atom. The number of tetrazole rings is 1.